The quantitative estimate of drug-likeness (QED) is 0.157. The number of hydrogen-bond donors (Lipinski definition) is 0. The zero-order valence-electron chi connectivity index (χ0n) is 22.4. The number of aromatic nitrogens is 3. The van der Waals surface area contributed by atoms with Crippen molar-refractivity contribution in [2.24, 2.45) is 10.2 Å². The van der Waals surface area contributed by atoms with Crippen molar-refractivity contribution < 1.29 is 22.7 Å². The summed E-state index contributed by atoms with van der Waals surface area (Å²) in [6, 6.07) is 19.0. The summed E-state index contributed by atoms with van der Waals surface area (Å²) in [6.07, 6.45) is 0.0949. The molecule has 5 aromatic rings. The number of carbonyl (C=O) groups excluding carboxylic acids is 1. The van der Waals surface area contributed by atoms with Crippen LogP contribution in [0.4, 0.5) is 18.9 Å². The van der Waals surface area contributed by atoms with Crippen LogP contribution in [0.25, 0.3) is 27.5 Å². The first kappa shape index (κ1) is 27.5. The van der Waals surface area contributed by atoms with Gasteiger partial charge in [-0.1, -0.05) is 49.9 Å². The number of hydrogen-bond acceptors (Lipinski definition) is 7. The molecule has 3 heterocycles. The number of nitrogens with zero attached hydrogens (tertiary/aromatic N) is 6. The minimum atomic E-state index is -4.75. The van der Waals surface area contributed by atoms with Gasteiger partial charge in [-0.05, 0) is 59.3 Å². The van der Waals surface area contributed by atoms with Crippen LogP contribution in [0.5, 0.6) is 5.75 Å². The molecule has 0 N–H and O–H groups in total. The van der Waals surface area contributed by atoms with Crippen molar-refractivity contribution in [3.63, 3.8) is 0 Å². The summed E-state index contributed by atoms with van der Waals surface area (Å²) in [6.45, 7) is 4.17. The summed E-state index contributed by atoms with van der Waals surface area (Å²) in [4.78, 5) is 23.4. The predicted octanol–water partition coefficient (Wildman–Crippen LogP) is 7.07. The van der Waals surface area contributed by atoms with Crippen LogP contribution < -0.4 is 9.64 Å². The number of benzene rings is 3. The first-order valence-electron chi connectivity index (χ1n) is 13.0. The van der Waals surface area contributed by atoms with Crippen LogP contribution in [0.15, 0.2) is 89.5 Å². The van der Waals surface area contributed by atoms with Crippen LogP contribution >= 0.6 is 11.8 Å². The second-order valence-electron chi connectivity index (χ2n) is 9.78. The molecule has 1 aliphatic heterocycles. The van der Waals surface area contributed by atoms with Crippen LogP contribution in [-0.4, -0.2) is 43.9 Å². The van der Waals surface area contributed by atoms with Gasteiger partial charge >= 0.3 is 6.36 Å². The molecule has 212 valence electrons. The maximum atomic E-state index is 12.7. The summed E-state index contributed by atoms with van der Waals surface area (Å²) in [5, 5.41) is 10.8. The number of anilines is 1. The smallest absolute Gasteiger partial charge is 0.406 e. The second kappa shape index (κ2) is 10.9. The SMILES string of the molecule is CC(C)c1ccccc1N1C(=O)CS/C1=N\N=C/c1cc2ccc3c(ncn3-c3ccc(OC(F)(F)F)cc3)c2cn1. The van der Waals surface area contributed by atoms with Crippen molar-refractivity contribution >= 4 is 56.5 Å². The Hall–Kier alpha value is -4.71. The number of amidine groups is 1. The summed E-state index contributed by atoms with van der Waals surface area (Å²) >= 11 is 1.34. The maximum Gasteiger partial charge on any atom is 0.573 e. The fraction of sp³-hybridized carbons (Fsp3) is 0.167. The molecule has 3 aromatic carbocycles. The van der Waals surface area contributed by atoms with Crippen molar-refractivity contribution in [1.82, 2.24) is 14.5 Å². The highest BCUT2D eigenvalue weighted by molar-refractivity contribution is 8.15. The van der Waals surface area contributed by atoms with E-state index in [2.05, 4.69) is 38.8 Å². The lowest BCUT2D eigenvalue weighted by molar-refractivity contribution is -0.274. The van der Waals surface area contributed by atoms with E-state index in [0.717, 1.165) is 27.5 Å². The van der Waals surface area contributed by atoms with Gasteiger partial charge in [0.2, 0.25) is 5.91 Å². The number of alkyl halides is 3. The summed E-state index contributed by atoms with van der Waals surface area (Å²) in [5.41, 5.74) is 4.55. The van der Waals surface area contributed by atoms with Crippen molar-refractivity contribution in [2.45, 2.75) is 26.1 Å². The largest absolute Gasteiger partial charge is 0.573 e. The lowest BCUT2D eigenvalue weighted by Crippen LogP contribution is -2.30. The monoisotopic (exact) mass is 588 g/mol. The average Bonchev–Trinajstić information content (AvgIpc) is 3.56. The predicted molar refractivity (Wildman–Crippen MR) is 159 cm³/mol. The number of fused-ring (bicyclic) bond motifs is 3. The number of para-hydroxylation sites is 1. The Morgan fingerprint density at radius 2 is 1.83 bits per heavy atom. The number of thioether (sulfide) groups is 1. The van der Waals surface area contributed by atoms with Gasteiger partial charge in [0.15, 0.2) is 5.17 Å². The third-order valence-corrected chi connectivity index (χ3v) is 7.60. The van der Waals surface area contributed by atoms with E-state index < -0.39 is 6.36 Å². The van der Waals surface area contributed by atoms with E-state index in [1.165, 1.54) is 42.2 Å². The number of imidazole rings is 1. The normalized spacial score (nSPS) is 15.2. The molecule has 6 rings (SSSR count). The average molecular weight is 589 g/mol. The molecular weight excluding hydrogens is 565 g/mol. The third-order valence-electron chi connectivity index (χ3n) is 6.68. The number of ether oxygens (including phenoxy) is 1. The molecule has 1 saturated heterocycles. The Balaban J connectivity index is 1.25. The zero-order valence-corrected chi connectivity index (χ0v) is 23.2. The van der Waals surface area contributed by atoms with Crippen LogP contribution in [0.2, 0.25) is 0 Å². The van der Waals surface area contributed by atoms with Gasteiger partial charge in [0.25, 0.3) is 0 Å². The fourth-order valence-corrected chi connectivity index (χ4v) is 5.61. The Kier molecular flexibility index (Phi) is 7.15. The summed E-state index contributed by atoms with van der Waals surface area (Å²) in [7, 11) is 0. The number of carbonyl (C=O) groups is 1. The molecule has 1 aliphatic rings. The molecule has 1 fully saturated rings. The molecule has 12 heteroatoms. The number of halogens is 3. The molecule has 8 nitrogen and oxygen atoms in total. The lowest BCUT2D eigenvalue weighted by atomic mass is 10.0. The highest BCUT2D eigenvalue weighted by Crippen LogP contribution is 2.33. The van der Waals surface area contributed by atoms with Crippen LogP contribution in [-0.2, 0) is 4.79 Å². The zero-order chi connectivity index (χ0) is 29.4. The van der Waals surface area contributed by atoms with Crippen LogP contribution in [0.3, 0.4) is 0 Å². The van der Waals surface area contributed by atoms with Crippen molar-refractivity contribution in [2.75, 3.05) is 10.7 Å². The van der Waals surface area contributed by atoms with Crippen molar-refractivity contribution in [3.8, 4) is 11.4 Å². The molecule has 0 radical (unpaired) electrons. The number of amides is 1. The van der Waals surface area contributed by atoms with Gasteiger partial charge in [0.1, 0.15) is 12.1 Å². The van der Waals surface area contributed by atoms with E-state index in [1.54, 1.807) is 22.0 Å². The van der Waals surface area contributed by atoms with Gasteiger partial charge in [0, 0.05) is 17.3 Å². The molecule has 1 amide bonds. The maximum absolute atomic E-state index is 12.7. The standard InChI is InChI=1S/C30H23F3N6O2S/c1-18(2)23-5-3-4-6-25(23)39-27(40)16-42-29(39)37-36-14-20-13-19-7-12-26-28(24(19)15-34-20)35-17-38(26)21-8-10-22(11-9-21)41-30(31,32)33/h3-15,17-18H,16H2,1-2H3/b36-14-,37-29-. The molecule has 42 heavy (non-hydrogen) atoms. The Morgan fingerprint density at radius 1 is 1.05 bits per heavy atom. The highest BCUT2D eigenvalue weighted by atomic mass is 32.2. The van der Waals surface area contributed by atoms with Crippen molar-refractivity contribution in [1.29, 1.82) is 0 Å². The van der Waals surface area contributed by atoms with Gasteiger partial charge in [-0.15, -0.1) is 18.3 Å². The van der Waals surface area contributed by atoms with E-state index in [0.29, 0.717) is 27.8 Å². The molecule has 0 bridgehead atoms. The first-order valence-corrected chi connectivity index (χ1v) is 13.9. The first-order chi connectivity index (χ1) is 20.2. The summed E-state index contributed by atoms with van der Waals surface area (Å²) < 4.78 is 43.2. The lowest BCUT2D eigenvalue weighted by Gasteiger charge is -2.20. The van der Waals surface area contributed by atoms with Crippen molar-refractivity contribution in [3.05, 3.63) is 90.5 Å². The summed E-state index contributed by atoms with van der Waals surface area (Å²) in [5.74, 6) is 0.196. The van der Waals surface area contributed by atoms with E-state index in [9.17, 15) is 18.0 Å². The van der Waals surface area contributed by atoms with Gasteiger partial charge in [-0.3, -0.25) is 19.2 Å². The number of rotatable bonds is 6. The van der Waals surface area contributed by atoms with E-state index in [1.807, 2.05) is 42.5 Å². The topological polar surface area (TPSA) is 85.0 Å². The number of pyridine rings is 1. The molecule has 0 saturated carbocycles. The Bertz CT molecular complexity index is 1870. The molecule has 0 aliphatic carbocycles. The molecule has 0 spiro atoms. The van der Waals surface area contributed by atoms with Gasteiger partial charge < -0.3 is 4.74 Å². The van der Waals surface area contributed by atoms with Gasteiger partial charge in [-0.2, -0.15) is 5.10 Å². The second-order valence-corrected chi connectivity index (χ2v) is 10.7. The molecule has 0 atom stereocenters. The molecule has 2 aromatic heterocycles. The molecule has 0 unspecified atom stereocenters. The van der Waals surface area contributed by atoms with E-state index in [4.69, 9.17) is 0 Å². The van der Waals surface area contributed by atoms with Gasteiger partial charge in [-0.25, -0.2) is 4.98 Å². The van der Waals surface area contributed by atoms with Crippen LogP contribution in [0, 0.1) is 0 Å². The fourth-order valence-electron chi connectivity index (χ4n) is 4.79. The van der Waals surface area contributed by atoms with Crippen LogP contribution in [0.1, 0.15) is 31.0 Å². The minimum Gasteiger partial charge on any atom is -0.406 e. The minimum absolute atomic E-state index is 0.0417. The van der Waals surface area contributed by atoms with Gasteiger partial charge in [0.05, 0.1) is 34.4 Å². The van der Waals surface area contributed by atoms with E-state index >= 15 is 0 Å². The third kappa shape index (κ3) is 5.45. The highest BCUT2D eigenvalue weighted by Gasteiger charge is 2.32. The molecular formula is C30H23F3N6O2S. The Morgan fingerprint density at radius 3 is 2.60 bits per heavy atom. The van der Waals surface area contributed by atoms with E-state index in [-0.39, 0.29) is 17.6 Å². The Labute approximate surface area is 242 Å².